The molecule has 1 fully saturated rings. The SMILES string of the molecule is O=C(OCC(=O)N1CCN(c2ccccc2)CC1)c1cc(O)c2ccccc2c1O. The fraction of sp³-hybridized carbons (Fsp3) is 0.217. The summed E-state index contributed by atoms with van der Waals surface area (Å²) in [5.41, 5.74) is 0.940. The Balaban J connectivity index is 1.36. The molecule has 0 aliphatic carbocycles. The molecule has 0 unspecified atom stereocenters. The minimum absolute atomic E-state index is 0.140. The van der Waals surface area contributed by atoms with Gasteiger partial charge in [0, 0.05) is 42.6 Å². The van der Waals surface area contributed by atoms with Gasteiger partial charge in [-0.3, -0.25) is 4.79 Å². The number of ether oxygens (including phenoxy) is 1. The Labute approximate surface area is 173 Å². The monoisotopic (exact) mass is 406 g/mol. The number of phenolic OH excluding ortho intramolecular Hbond substituents is 2. The second kappa shape index (κ2) is 8.32. The normalized spacial score (nSPS) is 14.0. The molecule has 30 heavy (non-hydrogen) atoms. The van der Waals surface area contributed by atoms with E-state index < -0.39 is 12.6 Å². The number of esters is 1. The summed E-state index contributed by atoms with van der Waals surface area (Å²) in [5, 5.41) is 21.3. The number of rotatable bonds is 4. The van der Waals surface area contributed by atoms with Crippen molar-refractivity contribution in [2.45, 2.75) is 0 Å². The van der Waals surface area contributed by atoms with Crippen LogP contribution in [0.3, 0.4) is 0 Å². The number of amides is 1. The van der Waals surface area contributed by atoms with E-state index >= 15 is 0 Å². The number of benzene rings is 3. The van der Waals surface area contributed by atoms with Crippen molar-refractivity contribution in [2.24, 2.45) is 0 Å². The first-order valence-electron chi connectivity index (χ1n) is 9.73. The number of fused-ring (bicyclic) bond motifs is 1. The Bertz CT molecular complexity index is 1080. The van der Waals surface area contributed by atoms with Crippen molar-refractivity contribution in [1.82, 2.24) is 4.90 Å². The number of hydrogen-bond acceptors (Lipinski definition) is 6. The first-order chi connectivity index (χ1) is 14.5. The van der Waals surface area contributed by atoms with Crippen LogP contribution in [0.5, 0.6) is 11.5 Å². The number of nitrogens with zero attached hydrogens (tertiary/aromatic N) is 2. The van der Waals surface area contributed by atoms with E-state index in [9.17, 15) is 19.8 Å². The van der Waals surface area contributed by atoms with Gasteiger partial charge in [-0.1, -0.05) is 42.5 Å². The van der Waals surface area contributed by atoms with Crippen LogP contribution in [0.4, 0.5) is 5.69 Å². The topological polar surface area (TPSA) is 90.3 Å². The molecular weight excluding hydrogens is 384 g/mol. The fourth-order valence-corrected chi connectivity index (χ4v) is 3.65. The van der Waals surface area contributed by atoms with Gasteiger partial charge in [-0.25, -0.2) is 4.79 Å². The molecule has 0 radical (unpaired) electrons. The van der Waals surface area contributed by atoms with Crippen molar-refractivity contribution in [2.75, 3.05) is 37.7 Å². The molecule has 3 aromatic rings. The summed E-state index contributed by atoms with van der Waals surface area (Å²) in [6, 6.07) is 17.8. The average Bonchev–Trinajstić information content (AvgIpc) is 2.80. The maximum absolute atomic E-state index is 12.5. The average molecular weight is 406 g/mol. The Morgan fingerprint density at radius 1 is 0.867 bits per heavy atom. The summed E-state index contributed by atoms with van der Waals surface area (Å²) in [6.07, 6.45) is 0. The van der Waals surface area contributed by atoms with E-state index in [0.717, 1.165) is 11.8 Å². The summed E-state index contributed by atoms with van der Waals surface area (Å²) >= 11 is 0. The lowest BCUT2D eigenvalue weighted by atomic mass is 10.0. The number of carbonyl (C=O) groups is 2. The second-order valence-electron chi connectivity index (χ2n) is 7.12. The highest BCUT2D eigenvalue weighted by Gasteiger charge is 2.24. The zero-order chi connectivity index (χ0) is 21.1. The van der Waals surface area contributed by atoms with E-state index in [-0.39, 0.29) is 23.0 Å². The summed E-state index contributed by atoms with van der Waals surface area (Å²) in [4.78, 5) is 28.7. The van der Waals surface area contributed by atoms with E-state index in [4.69, 9.17) is 4.74 Å². The van der Waals surface area contributed by atoms with Crippen LogP contribution in [0, 0.1) is 0 Å². The standard InChI is InChI=1S/C23H22N2O5/c26-20-14-19(22(28)18-9-5-4-8-17(18)20)23(29)30-15-21(27)25-12-10-24(11-13-25)16-6-2-1-3-7-16/h1-9,14,26,28H,10-13,15H2. The summed E-state index contributed by atoms with van der Waals surface area (Å²) < 4.78 is 5.12. The van der Waals surface area contributed by atoms with Gasteiger partial charge in [-0.15, -0.1) is 0 Å². The summed E-state index contributed by atoms with van der Waals surface area (Å²) in [5.74, 6) is -1.57. The molecule has 7 nitrogen and oxygen atoms in total. The number of aromatic hydroxyl groups is 2. The number of para-hydroxylation sites is 1. The van der Waals surface area contributed by atoms with Gasteiger partial charge in [0.25, 0.3) is 5.91 Å². The predicted octanol–water partition coefficient (Wildman–Crippen LogP) is 2.76. The lowest BCUT2D eigenvalue weighted by Crippen LogP contribution is -2.49. The Kier molecular flexibility index (Phi) is 5.43. The molecule has 3 aromatic carbocycles. The van der Waals surface area contributed by atoms with E-state index in [2.05, 4.69) is 4.90 Å². The van der Waals surface area contributed by atoms with E-state index in [1.807, 2.05) is 30.3 Å². The highest BCUT2D eigenvalue weighted by molar-refractivity contribution is 6.04. The molecule has 0 spiro atoms. The van der Waals surface area contributed by atoms with Gasteiger partial charge in [0.1, 0.15) is 17.1 Å². The van der Waals surface area contributed by atoms with Gasteiger partial charge in [-0.05, 0) is 18.2 Å². The number of anilines is 1. The largest absolute Gasteiger partial charge is 0.507 e. The molecule has 0 saturated carbocycles. The van der Waals surface area contributed by atoms with Crippen molar-refractivity contribution in [3.8, 4) is 11.5 Å². The Morgan fingerprint density at radius 2 is 1.50 bits per heavy atom. The molecule has 0 aromatic heterocycles. The van der Waals surface area contributed by atoms with Gasteiger partial charge >= 0.3 is 5.97 Å². The highest BCUT2D eigenvalue weighted by atomic mass is 16.5. The van der Waals surface area contributed by atoms with Crippen molar-refractivity contribution < 1.29 is 24.5 Å². The smallest absolute Gasteiger partial charge is 0.342 e. The first-order valence-corrected chi connectivity index (χ1v) is 9.73. The molecule has 0 bridgehead atoms. The van der Waals surface area contributed by atoms with Crippen molar-refractivity contribution >= 4 is 28.3 Å². The molecule has 7 heteroatoms. The van der Waals surface area contributed by atoms with E-state index in [1.54, 1.807) is 29.2 Å². The van der Waals surface area contributed by atoms with Crippen molar-refractivity contribution in [1.29, 1.82) is 0 Å². The molecule has 1 aliphatic heterocycles. The quantitative estimate of drug-likeness (QED) is 0.512. The number of hydrogen-bond donors (Lipinski definition) is 2. The second-order valence-corrected chi connectivity index (χ2v) is 7.12. The van der Waals surface area contributed by atoms with Crippen LogP contribution in [0.2, 0.25) is 0 Å². The molecule has 154 valence electrons. The van der Waals surface area contributed by atoms with Crippen LogP contribution in [-0.4, -0.2) is 59.8 Å². The maximum Gasteiger partial charge on any atom is 0.342 e. The summed E-state index contributed by atoms with van der Waals surface area (Å²) in [6.45, 7) is 2.05. The lowest BCUT2D eigenvalue weighted by molar-refractivity contribution is -0.134. The van der Waals surface area contributed by atoms with Gasteiger partial charge in [-0.2, -0.15) is 0 Å². The third-order valence-electron chi connectivity index (χ3n) is 5.29. The Hall–Kier alpha value is -3.74. The molecule has 1 aliphatic rings. The minimum Gasteiger partial charge on any atom is -0.507 e. The van der Waals surface area contributed by atoms with E-state index in [0.29, 0.717) is 37.0 Å². The van der Waals surface area contributed by atoms with Crippen LogP contribution in [0.15, 0.2) is 60.7 Å². The predicted molar refractivity (Wildman–Crippen MR) is 113 cm³/mol. The molecule has 1 saturated heterocycles. The highest BCUT2D eigenvalue weighted by Crippen LogP contribution is 2.35. The number of piperazine rings is 1. The lowest BCUT2D eigenvalue weighted by Gasteiger charge is -2.36. The van der Waals surface area contributed by atoms with Crippen molar-refractivity contribution in [3.63, 3.8) is 0 Å². The number of carbonyl (C=O) groups excluding carboxylic acids is 2. The van der Waals surface area contributed by atoms with Crippen LogP contribution >= 0.6 is 0 Å². The van der Waals surface area contributed by atoms with Gasteiger partial charge in [0.15, 0.2) is 6.61 Å². The third-order valence-corrected chi connectivity index (χ3v) is 5.29. The van der Waals surface area contributed by atoms with E-state index in [1.165, 1.54) is 0 Å². The molecule has 1 heterocycles. The first kappa shape index (κ1) is 19.6. The third kappa shape index (κ3) is 3.87. The molecule has 0 atom stereocenters. The van der Waals surface area contributed by atoms with Gasteiger partial charge in [0.2, 0.25) is 0 Å². The fourth-order valence-electron chi connectivity index (χ4n) is 3.65. The molecular formula is C23H22N2O5. The summed E-state index contributed by atoms with van der Waals surface area (Å²) in [7, 11) is 0. The van der Waals surface area contributed by atoms with Crippen molar-refractivity contribution in [3.05, 3.63) is 66.2 Å². The van der Waals surface area contributed by atoms with Crippen LogP contribution in [-0.2, 0) is 9.53 Å². The maximum atomic E-state index is 12.5. The molecule has 2 N–H and O–H groups in total. The molecule has 1 amide bonds. The van der Waals surface area contributed by atoms with Crippen LogP contribution in [0.25, 0.3) is 10.8 Å². The molecule has 4 rings (SSSR count). The number of phenols is 2. The minimum atomic E-state index is -0.857. The van der Waals surface area contributed by atoms with Gasteiger partial charge in [0.05, 0.1) is 0 Å². The van der Waals surface area contributed by atoms with Gasteiger partial charge < -0.3 is 24.7 Å². The van der Waals surface area contributed by atoms with Crippen LogP contribution < -0.4 is 4.90 Å². The van der Waals surface area contributed by atoms with Crippen LogP contribution in [0.1, 0.15) is 10.4 Å². The zero-order valence-corrected chi connectivity index (χ0v) is 16.3. The zero-order valence-electron chi connectivity index (χ0n) is 16.3. The Morgan fingerprint density at radius 3 is 2.20 bits per heavy atom.